The third-order valence-corrected chi connectivity index (χ3v) is 4.64. The first-order valence-electron chi connectivity index (χ1n) is 8.74. The van der Waals surface area contributed by atoms with E-state index in [1.54, 1.807) is 0 Å². The Kier molecular flexibility index (Phi) is 10.9. The van der Waals surface area contributed by atoms with Crippen LogP contribution in [0.25, 0.3) is 0 Å². The lowest BCUT2D eigenvalue weighted by molar-refractivity contribution is -0.153. The maximum atomic E-state index is 12.3. The van der Waals surface area contributed by atoms with Crippen LogP contribution in [0.4, 0.5) is 0 Å². The molecule has 0 aromatic rings. The number of unbranched alkanes of at least 4 members (excludes halogenated alkanes) is 3. The second-order valence-corrected chi connectivity index (χ2v) is 6.15. The van der Waals surface area contributed by atoms with Crippen LogP contribution in [0.2, 0.25) is 0 Å². The predicted molar refractivity (Wildman–Crippen MR) is 86.8 cm³/mol. The summed E-state index contributed by atoms with van der Waals surface area (Å²) < 4.78 is 5.31. The monoisotopic (exact) mass is 284 g/mol. The summed E-state index contributed by atoms with van der Waals surface area (Å²) in [7, 11) is 0. The molecule has 0 bridgehead atoms. The molecular formula is C18H36O2. The van der Waals surface area contributed by atoms with Crippen LogP contribution >= 0.6 is 0 Å². The van der Waals surface area contributed by atoms with Crippen molar-refractivity contribution in [3.63, 3.8) is 0 Å². The molecule has 120 valence electrons. The molecule has 0 saturated heterocycles. The smallest absolute Gasteiger partial charge is 0.309 e. The molecule has 0 aliphatic carbocycles. The Morgan fingerprint density at radius 3 is 1.60 bits per heavy atom. The normalized spacial score (nSPS) is 13.2. The summed E-state index contributed by atoms with van der Waals surface area (Å²) in [6.45, 7) is 11.2. The van der Waals surface area contributed by atoms with Gasteiger partial charge >= 0.3 is 5.97 Å². The second-order valence-electron chi connectivity index (χ2n) is 6.15. The molecule has 1 atom stereocenters. The highest BCUT2D eigenvalue weighted by molar-refractivity contribution is 5.73. The van der Waals surface area contributed by atoms with Gasteiger partial charge in [0.05, 0.1) is 12.5 Å². The van der Waals surface area contributed by atoms with Crippen LogP contribution in [-0.4, -0.2) is 12.6 Å². The van der Waals surface area contributed by atoms with Crippen LogP contribution in [0.1, 0.15) is 92.4 Å². The Balaban J connectivity index is 5.04. The van der Waals surface area contributed by atoms with Crippen LogP contribution in [0.15, 0.2) is 0 Å². The van der Waals surface area contributed by atoms with E-state index in [0.29, 0.717) is 6.61 Å². The molecule has 20 heavy (non-hydrogen) atoms. The van der Waals surface area contributed by atoms with Gasteiger partial charge in [0.25, 0.3) is 0 Å². The molecule has 1 unspecified atom stereocenters. The fourth-order valence-electron chi connectivity index (χ4n) is 3.13. The average molecular weight is 284 g/mol. The van der Waals surface area contributed by atoms with Crippen LogP contribution in [0.5, 0.6) is 0 Å². The van der Waals surface area contributed by atoms with Gasteiger partial charge in [-0.2, -0.15) is 0 Å². The summed E-state index contributed by atoms with van der Waals surface area (Å²) in [6, 6.07) is 0. The van der Waals surface area contributed by atoms with Crippen molar-refractivity contribution in [1.29, 1.82) is 0 Å². The number of ether oxygens (including phenoxy) is 1. The zero-order valence-corrected chi connectivity index (χ0v) is 14.5. The minimum absolute atomic E-state index is 0.0100. The Labute approximate surface area is 126 Å². The summed E-state index contributed by atoms with van der Waals surface area (Å²) in [5, 5.41) is 0. The highest BCUT2D eigenvalue weighted by Gasteiger charge is 2.39. The minimum Gasteiger partial charge on any atom is -0.466 e. The molecular weight excluding hydrogens is 248 g/mol. The van der Waals surface area contributed by atoms with Crippen LogP contribution in [-0.2, 0) is 9.53 Å². The van der Waals surface area contributed by atoms with Gasteiger partial charge in [0, 0.05) is 0 Å². The zero-order valence-electron chi connectivity index (χ0n) is 14.5. The molecule has 2 nitrogen and oxygen atoms in total. The zero-order chi connectivity index (χ0) is 15.4. The molecule has 0 N–H and O–H groups in total. The largest absolute Gasteiger partial charge is 0.466 e. The number of rotatable bonds is 12. The first kappa shape index (κ1) is 19.5. The number of hydrogen-bond acceptors (Lipinski definition) is 2. The standard InChI is InChI=1S/C18H36O2/c1-6-10-13-18(14-11-7-2,15-12-8-3)16(5)17(19)20-9-4/h16H,6-15H2,1-5H3. The number of hydrogen-bond donors (Lipinski definition) is 0. The molecule has 0 radical (unpaired) electrons. The van der Waals surface area contributed by atoms with Crippen molar-refractivity contribution in [2.75, 3.05) is 6.61 Å². The molecule has 0 saturated carbocycles. The third kappa shape index (κ3) is 6.28. The summed E-state index contributed by atoms with van der Waals surface area (Å²) in [5.41, 5.74) is 0.161. The van der Waals surface area contributed by atoms with E-state index in [-0.39, 0.29) is 17.3 Å². The molecule has 0 amide bonds. The fraction of sp³-hybridized carbons (Fsp3) is 0.944. The Morgan fingerprint density at radius 1 is 0.900 bits per heavy atom. The van der Waals surface area contributed by atoms with Crippen LogP contribution in [0.3, 0.4) is 0 Å². The molecule has 0 spiro atoms. The van der Waals surface area contributed by atoms with Crippen molar-refractivity contribution in [3.8, 4) is 0 Å². The van der Waals surface area contributed by atoms with Gasteiger partial charge in [0.2, 0.25) is 0 Å². The Hall–Kier alpha value is -0.530. The van der Waals surface area contributed by atoms with Gasteiger partial charge in [-0.3, -0.25) is 4.79 Å². The highest BCUT2D eigenvalue weighted by Crippen LogP contribution is 2.44. The maximum absolute atomic E-state index is 12.3. The molecule has 0 rings (SSSR count). The second kappa shape index (κ2) is 11.2. The Bertz CT molecular complexity index is 226. The maximum Gasteiger partial charge on any atom is 0.309 e. The van der Waals surface area contributed by atoms with E-state index in [1.807, 2.05) is 6.92 Å². The van der Waals surface area contributed by atoms with Crippen LogP contribution < -0.4 is 0 Å². The Morgan fingerprint density at radius 2 is 1.30 bits per heavy atom. The van der Waals surface area contributed by atoms with Crippen molar-refractivity contribution in [2.45, 2.75) is 92.4 Å². The van der Waals surface area contributed by atoms with Crippen LogP contribution in [0, 0.1) is 11.3 Å². The molecule has 2 heteroatoms. The SMILES string of the molecule is CCCCC(CCCC)(CCCC)C(C)C(=O)OCC. The molecule has 0 aliphatic heterocycles. The lowest BCUT2D eigenvalue weighted by atomic mass is 9.66. The van der Waals surface area contributed by atoms with E-state index in [2.05, 4.69) is 27.7 Å². The van der Waals surface area contributed by atoms with Gasteiger partial charge in [-0.05, 0) is 31.6 Å². The molecule has 0 aliphatic rings. The van der Waals surface area contributed by atoms with Crippen molar-refractivity contribution < 1.29 is 9.53 Å². The third-order valence-electron chi connectivity index (χ3n) is 4.64. The van der Waals surface area contributed by atoms with E-state index in [9.17, 15) is 4.79 Å². The van der Waals surface area contributed by atoms with Gasteiger partial charge < -0.3 is 4.74 Å². The van der Waals surface area contributed by atoms with Gasteiger partial charge in [-0.1, -0.05) is 66.2 Å². The quantitative estimate of drug-likeness (QED) is 0.427. The molecule has 0 heterocycles. The van der Waals surface area contributed by atoms with Gasteiger partial charge in [0.15, 0.2) is 0 Å². The number of esters is 1. The van der Waals surface area contributed by atoms with Gasteiger partial charge in [-0.25, -0.2) is 0 Å². The van der Waals surface area contributed by atoms with E-state index in [1.165, 1.54) is 57.8 Å². The minimum atomic E-state index is 0.0100. The summed E-state index contributed by atoms with van der Waals surface area (Å²) in [6.07, 6.45) is 10.8. The number of carbonyl (C=O) groups excluding carboxylic acids is 1. The number of carbonyl (C=O) groups is 1. The lowest BCUT2D eigenvalue weighted by Gasteiger charge is -2.38. The summed E-state index contributed by atoms with van der Waals surface area (Å²) in [4.78, 5) is 12.3. The lowest BCUT2D eigenvalue weighted by Crippen LogP contribution is -2.35. The van der Waals surface area contributed by atoms with Crippen molar-refractivity contribution in [2.24, 2.45) is 11.3 Å². The molecule has 0 aromatic heterocycles. The van der Waals surface area contributed by atoms with Crippen molar-refractivity contribution >= 4 is 5.97 Å². The highest BCUT2D eigenvalue weighted by atomic mass is 16.5. The summed E-state index contributed by atoms with van der Waals surface area (Å²) in [5.74, 6) is 0.0444. The summed E-state index contributed by atoms with van der Waals surface area (Å²) >= 11 is 0. The van der Waals surface area contributed by atoms with E-state index in [4.69, 9.17) is 4.74 Å². The van der Waals surface area contributed by atoms with E-state index >= 15 is 0 Å². The molecule has 0 aromatic carbocycles. The van der Waals surface area contributed by atoms with Gasteiger partial charge in [-0.15, -0.1) is 0 Å². The van der Waals surface area contributed by atoms with E-state index in [0.717, 1.165) is 0 Å². The average Bonchev–Trinajstić information content (AvgIpc) is 2.46. The topological polar surface area (TPSA) is 26.3 Å². The predicted octanol–water partition coefficient (Wildman–Crippen LogP) is 5.74. The fourth-order valence-corrected chi connectivity index (χ4v) is 3.13. The molecule has 0 fully saturated rings. The van der Waals surface area contributed by atoms with Crippen molar-refractivity contribution in [1.82, 2.24) is 0 Å². The first-order valence-corrected chi connectivity index (χ1v) is 8.74. The van der Waals surface area contributed by atoms with Gasteiger partial charge in [0.1, 0.15) is 0 Å². The van der Waals surface area contributed by atoms with E-state index < -0.39 is 0 Å². The first-order chi connectivity index (χ1) is 9.57. The van der Waals surface area contributed by atoms with Crippen molar-refractivity contribution in [3.05, 3.63) is 0 Å².